The van der Waals surface area contributed by atoms with E-state index in [1.54, 1.807) is 21.9 Å². The van der Waals surface area contributed by atoms with E-state index in [4.69, 9.17) is 4.42 Å². The Hall–Kier alpha value is -3.46. The number of amides is 3. The Labute approximate surface area is 182 Å². The maximum absolute atomic E-state index is 13.1. The van der Waals surface area contributed by atoms with Gasteiger partial charge in [0, 0.05) is 36.5 Å². The first-order chi connectivity index (χ1) is 15.1. The van der Waals surface area contributed by atoms with Crippen LogP contribution in [0.5, 0.6) is 0 Å². The largest absolute Gasteiger partial charge is 0.459 e. The average molecular weight is 436 g/mol. The molecule has 1 atom stereocenters. The number of furan rings is 1. The van der Waals surface area contributed by atoms with E-state index >= 15 is 0 Å². The second-order valence-corrected chi connectivity index (χ2v) is 8.65. The molecule has 1 saturated heterocycles. The van der Waals surface area contributed by atoms with Crippen LogP contribution < -0.4 is 10.2 Å². The van der Waals surface area contributed by atoms with Gasteiger partial charge in [-0.15, -0.1) is 0 Å². The van der Waals surface area contributed by atoms with E-state index < -0.39 is 0 Å². The number of rotatable bonds is 4. The molecule has 2 aliphatic rings. The van der Waals surface area contributed by atoms with Gasteiger partial charge in [-0.25, -0.2) is 4.98 Å². The van der Waals surface area contributed by atoms with Gasteiger partial charge in [-0.1, -0.05) is 29.5 Å². The Balaban J connectivity index is 1.24. The van der Waals surface area contributed by atoms with Crippen LogP contribution in [-0.4, -0.2) is 40.7 Å². The van der Waals surface area contributed by atoms with Crippen LogP contribution in [0.15, 0.2) is 53.1 Å². The number of nitrogens with zero attached hydrogens (tertiary/aromatic N) is 3. The second kappa shape index (κ2) is 7.99. The lowest BCUT2D eigenvalue weighted by molar-refractivity contribution is -0.136. The Bertz CT molecular complexity index is 1130. The summed E-state index contributed by atoms with van der Waals surface area (Å²) in [6, 6.07) is 12.7. The van der Waals surface area contributed by atoms with Crippen molar-refractivity contribution >= 4 is 39.9 Å². The third-order valence-electron chi connectivity index (χ3n) is 5.55. The van der Waals surface area contributed by atoms with E-state index in [1.165, 1.54) is 17.6 Å². The summed E-state index contributed by atoms with van der Waals surface area (Å²) >= 11 is 1.37. The molecule has 1 N–H and O–H groups in total. The molecule has 0 bridgehead atoms. The maximum atomic E-state index is 13.1. The van der Waals surface area contributed by atoms with Gasteiger partial charge in [0.1, 0.15) is 0 Å². The normalized spacial score (nSPS) is 18.2. The summed E-state index contributed by atoms with van der Waals surface area (Å²) in [4.78, 5) is 46.7. The minimum absolute atomic E-state index is 0.00741. The topological polar surface area (TPSA) is 95.8 Å². The van der Waals surface area contributed by atoms with Gasteiger partial charge in [-0.2, -0.15) is 0 Å². The van der Waals surface area contributed by atoms with Crippen LogP contribution in [0.25, 0.3) is 0 Å². The van der Waals surface area contributed by atoms with Gasteiger partial charge < -0.3 is 14.2 Å². The second-order valence-electron chi connectivity index (χ2n) is 7.57. The summed E-state index contributed by atoms with van der Waals surface area (Å²) in [5.74, 6) is -0.511. The highest BCUT2D eigenvalue weighted by atomic mass is 32.1. The molecule has 2 aliphatic heterocycles. The molecule has 1 unspecified atom stereocenters. The number of benzene rings is 1. The third-order valence-corrected chi connectivity index (χ3v) is 6.55. The SMILES string of the molecule is O=C(Nc1nc2c(s1)CN(C(=O)C1CC(=O)N(c3ccccc3)C1)CC2)c1ccco1. The Kier molecular flexibility index (Phi) is 5.03. The standard InChI is InChI=1S/C22H20N4O4S/c27-19-11-14(12-26(19)15-5-2-1-3-6-15)21(29)25-9-8-16-18(13-25)31-22(23-16)24-20(28)17-7-4-10-30-17/h1-7,10,14H,8-9,11-13H2,(H,23,24,28). The molecule has 3 aromatic rings. The van der Waals surface area contributed by atoms with Crippen molar-refractivity contribution in [2.24, 2.45) is 5.92 Å². The fraction of sp³-hybridized carbons (Fsp3) is 0.273. The molecule has 3 amide bonds. The molecule has 5 rings (SSSR count). The van der Waals surface area contributed by atoms with E-state index in [9.17, 15) is 14.4 Å². The number of fused-ring (bicyclic) bond motifs is 1. The monoisotopic (exact) mass is 436 g/mol. The Morgan fingerprint density at radius 3 is 2.77 bits per heavy atom. The predicted octanol–water partition coefficient (Wildman–Crippen LogP) is 2.93. The minimum Gasteiger partial charge on any atom is -0.459 e. The molecule has 31 heavy (non-hydrogen) atoms. The molecule has 0 aliphatic carbocycles. The van der Waals surface area contributed by atoms with Crippen LogP contribution in [0.1, 0.15) is 27.5 Å². The lowest BCUT2D eigenvalue weighted by Crippen LogP contribution is -2.40. The first kappa shape index (κ1) is 19.5. The summed E-state index contributed by atoms with van der Waals surface area (Å²) in [7, 11) is 0. The molecule has 2 aromatic heterocycles. The number of para-hydroxylation sites is 1. The summed E-state index contributed by atoms with van der Waals surface area (Å²) in [5.41, 5.74) is 1.72. The van der Waals surface area contributed by atoms with Crippen molar-refractivity contribution in [2.75, 3.05) is 23.3 Å². The zero-order chi connectivity index (χ0) is 21.4. The highest BCUT2D eigenvalue weighted by molar-refractivity contribution is 7.15. The summed E-state index contributed by atoms with van der Waals surface area (Å²) in [6.07, 6.45) is 2.29. The van der Waals surface area contributed by atoms with Gasteiger partial charge in [-0.3, -0.25) is 19.7 Å². The van der Waals surface area contributed by atoms with E-state index in [-0.39, 0.29) is 35.8 Å². The quantitative estimate of drug-likeness (QED) is 0.679. The summed E-state index contributed by atoms with van der Waals surface area (Å²) < 4.78 is 5.10. The Morgan fingerprint density at radius 2 is 2.00 bits per heavy atom. The van der Waals surface area contributed by atoms with E-state index in [0.29, 0.717) is 31.2 Å². The van der Waals surface area contributed by atoms with E-state index in [2.05, 4.69) is 10.3 Å². The smallest absolute Gasteiger partial charge is 0.293 e. The van der Waals surface area contributed by atoms with E-state index in [1.807, 2.05) is 30.3 Å². The first-order valence-corrected chi connectivity index (χ1v) is 10.9. The summed E-state index contributed by atoms with van der Waals surface area (Å²) in [6.45, 7) is 1.40. The number of nitrogens with one attached hydrogen (secondary N) is 1. The molecule has 0 spiro atoms. The van der Waals surface area contributed by atoms with Crippen molar-refractivity contribution in [1.29, 1.82) is 0 Å². The van der Waals surface area contributed by atoms with Crippen molar-refractivity contribution in [3.63, 3.8) is 0 Å². The van der Waals surface area contributed by atoms with Crippen molar-refractivity contribution in [2.45, 2.75) is 19.4 Å². The molecule has 1 fully saturated rings. The van der Waals surface area contributed by atoms with Crippen LogP contribution in [0.4, 0.5) is 10.8 Å². The highest BCUT2D eigenvalue weighted by Gasteiger charge is 2.38. The molecule has 9 heteroatoms. The maximum Gasteiger partial charge on any atom is 0.293 e. The molecular weight excluding hydrogens is 416 g/mol. The molecule has 158 valence electrons. The first-order valence-electron chi connectivity index (χ1n) is 10.1. The van der Waals surface area contributed by atoms with Crippen LogP contribution in [0.3, 0.4) is 0 Å². The summed E-state index contributed by atoms with van der Waals surface area (Å²) in [5, 5.41) is 3.24. The van der Waals surface area contributed by atoms with Gasteiger partial charge in [0.05, 0.1) is 24.4 Å². The lowest BCUT2D eigenvalue weighted by Gasteiger charge is -2.28. The van der Waals surface area contributed by atoms with Crippen molar-refractivity contribution in [3.05, 3.63) is 65.1 Å². The van der Waals surface area contributed by atoms with Gasteiger partial charge in [-0.05, 0) is 24.3 Å². The number of thiazole rings is 1. The highest BCUT2D eigenvalue weighted by Crippen LogP contribution is 2.31. The van der Waals surface area contributed by atoms with Crippen LogP contribution in [0.2, 0.25) is 0 Å². The predicted molar refractivity (Wildman–Crippen MR) is 115 cm³/mol. The molecule has 1 aromatic carbocycles. The van der Waals surface area contributed by atoms with Crippen LogP contribution >= 0.6 is 11.3 Å². The van der Waals surface area contributed by atoms with Crippen molar-refractivity contribution < 1.29 is 18.8 Å². The third kappa shape index (κ3) is 3.84. The average Bonchev–Trinajstić information content (AvgIpc) is 3.52. The lowest BCUT2D eigenvalue weighted by atomic mass is 10.1. The fourth-order valence-electron chi connectivity index (χ4n) is 3.99. The van der Waals surface area contributed by atoms with Gasteiger partial charge in [0.25, 0.3) is 5.91 Å². The van der Waals surface area contributed by atoms with Gasteiger partial charge in [0.15, 0.2) is 10.9 Å². The van der Waals surface area contributed by atoms with Crippen molar-refractivity contribution in [1.82, 2.24) is 9.88 Å². The molecule has 0 radical (unpaired) electrons. The number of carbonyl (C=O) groups is 3. The molecule has 8 nitrogen and oxygen atoms in total. The molecule has 0 saturated carbocycles. The van der Waals surface area contributed by atoms with Crippen LogP contribution in [0, 0.1) is 5.92 Å². The van der Waals surface area contributed by atoms with E-state index in [0.717, 1.165) is 16.3 Å². The minimum atomic E-state index is -0.352. The number of hydrogen-bond acceptors (Lipinski definition) is 6. The van der Waals surface area contributed by atoms with Crippen molar-refractivity contribution in [3.8, 4) is 0 Å². The fourth-order valence-corrected chi connectivity index (χ4v) is 5.01. The molecule has 4 heterocycles. The molecular formula is C22H20N4O4S. The number of hydrogen-bond donors (Lipinski definition) is 1. The van der Waals surface area contributed by atoms with Gasteiger partial charge in [0.2, 0.25) is 11.8 Å². The van der Waals surface area contributed by atoms with Crippen LogP contribution in [-0.2, 0) is 22.6 Å². The van der Waals surface area contributed by atoms with Gasteiger partial charge >= 0.3 is 0 Å². The number of aromatic nitrogens is 1. The number of anilines is 2. The number of carbonyl (C=O) groups excluding carboxylic acids is 3. The zero-order valence-corrected chi connectivity index (χ0v) is 17.4. The Morgan fingerprint density at radius 1 is 1.16 bits per heavy atom. The zero-order valence-electron chi connectivity index (χ0n) is 16.6.